The molecule has 1 N–H and O–H groups in total. The Morgan fingerprint density at radius 1 is 1.44 bits per heavy atom. The van der Waals surface area contributed by atoms with Crippen molar-refractivity contribution in [3.05, 3.63) is 41.3 Å². The summed E-state index contributed by atoms with van der Waals surface area (Å²) in [6.07, 6.45) is 7.40. The van der Waals surface area contributed by atoms with Crippen molar-refractivity contribution in [2.45, 2.75) is 19.4 Å². The monoisotopic (exact) mass is 311 g/mol. The van der Waals surface area contributed by atoms with Gasteiger partial charge in [-0.3, -0.25) is 4.79 Å². The standard InChI is InChI=1S/C12H14BrN3O2/c13-11-4-3-10(18-11)12(17)15-5-1-2-7-16-8-6-14-9-16/h3-4,6,8-9H,1-2,5,7H2,(H,15,17). The summed E-state index contributed by atoms with van der Waals surface area (Å²) in [5, 5.41) is 2.81. The number of halogens is 1. The average molecular weight is 312 g/mol. The van der Waals surface area contributed by atoms with E-state index in [1.54, 1.807) is 24.7 Å². The van der Waals surface area contributed by atoms with Gasteiger partial charge in [-0.05, 0) is 40.9 Å². The molecule has 2 aromatic rings. The number of aromatic nitrogens is 2. The lowest BCUT2D eigenvalue weighted by molar-refractivity contribution is 0.0924. The molecule has 0 atom stereocenters. The van der Waals surface area contributed by atoms with Gasteiger partial charge in [0.1, 0.15) is 0 Å². The molecule has 0 aliphatic heterocycles. The molecule has 18 heavy (non-hydrogen) atoms. The van der Waals surface area contributed by atoms with Crippen LogP contribution in [-0.2, 0) is 6.54 Å². The molecule has 0 aliphatic carbocycles. The van der Waals surface area contributed by atoms with Gasteiger partial charge in [0.25, 0.3) is 5.91 Å². The summed E-state index contributed by atoms with van der Waals surface area (Å²) < 4.78 is 7.74. The molecular weight excluding hydrogens is 298 g/mol. The maximum atomic E-state index is 11.6. The molecule has 0 aliphatic rings. The zero-order valence-electron chi connectivity index (χ0n) is 9.80. The van der Waals surface area contributed by atoms with Crippen LogP contribution in [0.5, 0.6) is 0 Å². The summed E-state index contributed by atoms with van der Waals surface area (Å²) in [5.41, 5.74) is 0. The Bertz CT molecular complexity index is 493. The highest BCUT2D eigenvalue weighted by molar-refractivity contribution is 9.10. The minimum atomic E-state index is -0.177. The van der Waals surface area contributed by atoms with Crippen LogP contribution in [0, 0.1) is 0 Å². The fourth-order valence-corrected chi connectivity index (χ4v) is 1.87. The molecule has 5 nitrogen and oxygen atoms in total. The second kappa shape index (κ2) is 6.39. The third-order valence-electron chi connectivity index (χ3n) is 2.48. The second-order valence-corrected chi connectivity index (χ2v) is 4.65. The van der Waals surface area contributed by atoms with E-state index in [1.165, 1.54) is 0 Å². The molecule has 0 bridgehead atoms. The lowest BCUT2D eigenvalue weighted by atomic mass is 10.3. The molecule has 2 rings (SSSR count). The van der Waals surface area contributed by atoms with E-state index in [4.69, 9.17) is 4.42 Å². The van der Waals surface area contributed by atoms with E-state index in [0.717, 1.165) is 19.4 Å². The van der Waals surface area contributed by atoms with Crippen LogP contribution in [0.3, 0.4) is 0 Å². The summed E-state index contributed by atoms with van der Waals surface area (Å²) in [4.78, 5) is 15.6. The molecule has 0 saturated heterocycles. The Labute approximate surface area is 113 Å². The van der Waals surface area contributed by atoms with Gasteiger partial charge in [-0.2, -0.15) is 0 Å². The molecule has 0 aromatic carbocycles. The van der Waals surface area contributed by atoms with Crippen molar-refractivity contribution in [3.8, 4) is 0 Å². The van der Waals surface area contributed by atoms with Crippen molar-refractivity contribution in [1.29, 1.82) is 0 Å². The number of furan rings is 1. The zero-order chi connectivity index (χ0) is 12.8. The van der Waals surface area contributed by atoms with Gasteiger partial charge in [0, 0.05) is 25.5 Å². The number of carbonyl (C=O) groups is 1. The molecule has 0 radical (unpaired) electrons. The first kappa shape index (κ1) is 12.9. The predicted octanol–water partition coefficient (Wildman–Crippen LogP) is 2.45. The molecule has 0 fully saturated rings. The first-order chi connectivity index (χ1) is 8.75. The number of amides is 1. The van der Waals surface area contributed by atoms with E-state index in [-0.39, 0.29) is 5.91 Å². The first-order valence-corrected chi connectivity index (χ1v) is 6.54. The predicted molar refractivity (Wildman–Crippen MR) is 70.2 cm³/mol. The van der Waals surface area contributed by atoms with Crippen LogP contribution in [0.4, 0.5) is 0 Å². The van der Waals surface area contributed by atoms with Crippen LogP contribution in [-0.4, -0.2) is 22.0 Å². The Morgan fingerprint density at radius 2 is 2.33 bits per heavy atom. The first-order valence-electron chi connectivity index (χ1n) is 5.75. The maximum absolute atomic E-state index is 11.6. The smallest absolute Gasteiger partial charge is 0.287 e. The van der Waals surface area contributed by atoms with E-state index in [0.29, 0.717) is 17.0 Å². The number of unbranched alkanes of at least 4 members (excludes halogenated alkanes) is 1. The highest BCUT2D eigenvalue weighted by Gasteiger charge is 2.08. The average Bonchev–Trinajstić information content (AvgIpc) is 2.99. The molecule has 0 saturated carbocycles. The van der Waals surface area contributed by atoms with Crippen molar-refractivity contribution in [2.24, 2.45) is 0 Å². The second-order valence-electron chi connectivity index (χ2n) is 3.87. The van der Waals surface area contributed by atoms with E-state index < -0.39 is 0 Å². The lowest BCUT2D eigenvalue weighted by Gasteiger charge is -2.04. The zero-order valence-corrected chi connectivity index (χ0v) is 11.4. The maximum Gasteiger partial charge on any atom is 0.287 e. The normalized spacial score (nSPS) is 10.5. The van der Waals surface area contributed by atoms with Gasteiger partial charge in [0.15, 0.2) is 10.4 Å². The third-order valence-corrected chi connectivity index (χ3v) is 2.91. The highest BCUT2D eigenvalue weighted by Crippen LogP contribution is 2.13. The quantitative estimate of drug-likeness (QED) is 0.834. The van der Waals surface area contributed by atoms with Gasteiger partial charge in [-0.25, -0.2) is 4.98 Å². The van der Waals surface area contributed by atoms with Crippen molar-refractivity contribution < 1.29 is 9.21 Å². The van der Waals surface area contributed by atoms with E-state index in [9.17, 15) is 4.79 Å². The third kappa shape index (κ3) is 3.73. The summed E-state index contributed by atoms with van der Waals surface area (Å²) in [7, 11) is 0. The summed E-state index contributed by atoms with van der Waals surface area (Å²) in [6.45, 7) is 1.56. The minimum absolute atomic E-state index is 0.177. The molecule has 2 aromatic heterocycles. The van der Waals surface area contributed by atoms with Crippen LogP contribution in [0.25, 0.3) is 0 Å². The van der Waals surface area contributed by atoms with Crippen LogP contribution in [0.1, 0.15) is 23.4 Å². The minimum Gasteiger partial charge on any atom is -0.444 e. The molecule has 6 heteroatoms. The number of aryl methyl sites for hydroxylation is 1. The summed E-state index contributed by atoms with van der Waals surface area (Å²) >= 11 is 3.16. The number of hydrogen-bond donors (Lipinski definition) is 1. The van der Waals surface area contributed by atoms with Gasteiger partial charge in [-0.1, -0.05) is 0 Å². The van der Waals surface area contributed by atoms with Gasteiger partial charge < -0.3 is 14.3 Å². The topological polar surface area (TPSA) is 60.1 Å². The molecular formula is C12H14BrN3O2. The Balaban J connectivity index is 1.62. The SMILES string of the molecule is O=C(NCCCCn1ccnc1)c1ccc(Br)o1. The number of nitrogens with one attached hydrogen (secondary N) is 1. The van der Waals surface area contributed by atoms with Crippen LogP contribution >= 0.6 is 15.9 Å². The fourth-order valence-electron chi connectivity index (χ4n) is 1.56. The van der Waals surface area contributed by atoms with Crippen molar-refractivity contribution in [3.63, 3.8) is 0 Å². The van der Waals surface area contributed by atoms with Gasteiger partial charge in [0.05, 0.1) is 6.33 Å². The largest absolute Gasteiger partial charge is 0.444 e. The molecule has 0 unspecified atom stereocenters. The number of rotatable bonds is 6. The highest BCUT2D eigenvalue weighted by atomic mass is 79.9. The molecule has 2 heterocycles. The van der Waals surface area contributed by atoms with Crippen LogP contribution in [0.15, 0.2) is 39.9 Å². The lowest BCUT2D eigenvalue weighted by Crippen LogP contribution is -2.24. The molecule has 1 amide bonds. The van der Waals surface area contributed by atoms with Crippen molar-refractivity contribution in [2.75, 3.05) is 6.54 Å². The number of nitrogens with zero attached hydrogens (tertiary/aromatic N) is 2. The fraction of sp³-hybridized carbons (Fsp3) is 0.333. The number of carbonyl (C=O) groups excluding carboxylic acids is 1. The number of hydrogen-bond acceptors (Lipinski definition) is 3. The Kier molecular flexibility index (Phi) is 4.58. The van der Waals surface area contributed by atoms with Gasteiger partial charge in [-0.15, -0.1) is 0 Å². The molecule has 96 valence electrons. The Hall–Kier alpha value is -1.56. The van der Waals surface area contributed by atoms with Gasteiger partial charge in [0.2, 0.25) is 0 Å². The van der Waals surface area contributed by atoms with Crippen molar-refractivity contribution in [1.82, 2.24) is 14.9 Å². The van der Waals surface area contributed by atoms with E-state index >= 15 is 0 Å². The summed E-state index contributed by atoms with van der Waals surface area (Å²) in [5.74, 6) is 0.153. The van der Waals surface area contributed by atoms with E-state index in [2.05, 4.69) is 26.2 Å². The Morgan fingerprint density at radius 3 is 3.00 bits per heavy atom. The summed E-state index contributed by atoms with van der Waals surface area (Å²) in [6, 6.07) is 3.35. The van der Waals surface area contributed by atoms with E-state index in [1.807, 2.05) is 10.8 Å². The van der Waals surface area contributed by atoms with Gasteiger partial charge >= 0.3 is 0 Å². The number of imidazole rings is 1. The van der Waals surface area contributed by atoms with Crippen molar-refractivity contribution >= 4 is 21.8 Å². The van der Waals surface area contributed by atoms with Crippen LogP contribution < -0.4 is 5.32 Å². The van der Waals surface area contributed by atoms with Crippen LogP contribution in [0.2, 0.25) is 0 Å². The molecule has 0 spiro atoms.